The van der Waals surface area contributed by atoms with Crippen LogP contribution in [0.15, 0.2) is 18.2 Å². The van der Waals surface area contributed by atoms with Crippen LogP contribution in [0.1, 0.15) is 36.0 Å². The van der Waals surface area contributed by atoms with Gasteiger partial charge in [0.1, 0.15) is 0 Å². The van der Waals surface area contributed by atoms with Crippen LogP contribution < -0.4 is 5.32 Å². The molecule has 2 aliphatic heterocycles. The summed E-state index contributed by atoms with van der Waals surface area (Å²) in [5, 5.41) is 3.79. The average Bonchev–Trinajstić information content (AvgIpc) is 3.15. The Hall–Kier alpha value is -1.30. The van der Waals surface area contributed by atoms with E-state index in [1.165, 1.54) is 0 Å². The van der Waals surface area contributed by atoms with E-state index in [0.717, 1.165) is 19.4 Å². The van der Waals surface area contributed by atoms with Crippen LogP contribution in [-0.2, 0) is 9.53 Å². The van der Waals surface area contributed by atoms with E-state index < -0.39 is 0 Å². The molecule has 7 heteroatoms. The van der Waals surface area contributed by atoms with Gasteiger partial charge in [0.15, 0.2) is 0 Å². The summed E-state index contributed by atoms with van der Waals surface area (Å²) in [4.78, 5) is 26.6. The molecule has 0 bridgehead atoms. The monoisotopic (exact) mass is 384 g/mol. The molecule has 25 heavy (non-hydrogen) atoms. The van der Waals surface area contributed by atoms with Gasteiger partial charge in [-0.2, -0.15) is 0 Å². The Bertz CT molecular complexity index is 639. The highest BCUT2D eigenvalue weighted by molar-refractivity contribution is 6.42. The van der Waals surface area contributed by atoms with Gasteiger partial charge in [0.25, 0.3) is 5.91 Å². The molecule has 1 aromatic carbocycles. The third-order valence-electron chi connectivity index (χ3n) is 4.85. The van der Waals surface area contributed by atoms with Crippen molar-refractivity contribution < 1.29 is 14.3 Å². The Kier molecular flexibility index (Phi) is 6.20. The minimum Gasteiger partial charge on any atom is -0.376 e. The first-order chi connectivity index (χ1) is 12.0. The summed E-state index contributed by atoms with van der Waals surface area (Å²) in [6.45, 7) is 2.51. The van der Waals surface area contributed by atoms with Crippen LogP contribution in [0.2, 0.25) is 10.0 Å². The van der Waals surface area contributed by atoms with Gasteiger partial charge >= 0.3 is 0 Å². The summed E-state index contributed by atoms with van der Waals surface area (Å²) in [5.74, 6) is -0.0480. The number of rotatable bonds is 4. The summed E-state index contributed by atoms with van der Waals surface area (Å²) < 4.78 is 5.52. The summed E-state index contributed by atoms with van der Waals surface area (Å²) in [7, 11) is 0. The van der Waals surface area contributed by atoms with Crippen molar-refractivity contribution in [3.63, 3.8) is 0 Å². The minimum absolute atomic E-state index is 0.0424. The molecule has 1 atom stereocenters. The minimum atomic E-state index is -0.0724. The van der Waals surface area contributed by atoms with E-state index in [9.17, 15) is 9.59 Å². The Balaban J connectivity index is 1.48. The zero-order chi connectivity index (χ0) is 17.8. The Morgan fingerprint density at radius 3 is 2.56 bits per heavy atom. The summed E-state index contributed by atoms with van der Waals surface area (Å²) >= 11 is 11.9. The second kappa shape index (κ2) is 8.39. The molecule has 136 valence electrons. The fraction of sp³-hybridized carbons (Fsp3) is 0.556. The molecule has 0 saturated carbocycles. The van der Waals surface area contributed by atoms with Gasteiger partial charge in [0.2, 0.25) is 5.91 Å². The molecule has 2 heterocycles. The zero-order valence-corrected chi connectivity index (χ0v) is 15.5. The lowest BCUT2D eigenvalue weighted by Gasteiger charge is -2.31. The molecule has 5 nitrogen and oxygen atoms in total. The second-order valence-corrected chi connectivity index (χ2v) is 7.39. The SMILES string of the molecule is O=C(NCC1CCCO1)C1CCN(C(=O)c2ccc(Cl)c(Cl)c2)CC1. The predicted molar refractivity (Wildman–Crippen MR) is 97.1 cm³/mol. The van der Waals surface area contributed by atoms with Crippen LogP contribution in [0.3, 0.4) is 0 Å². The molecule has 0 aromatic heterocycles. The maximum Gasteiger partial charge on any atom is 0.253 e. The fourth-order valence-corrected chi connectivity index (χ4v) is 3.62. The van der Waals surface area contributed by atoms with Crippen molar-refractivity contribution in [2.45, 2.75) is 31.8 Å². The van der Waals surface area contributed by atoms with E-state index in [2.05, 4.69) is 5.32 Å². The number of carbonyl (C=O) groups excluding carboxylic acids is 2. The number of hydrogen-bond acceptors (Lipinski definition) is 3. The lowest BCUT2D eigenvalue weighted by Crippen LogP contribution is -2.44. The lowest BCUT2D eigenvalue weighted by molar-refractivity contribution is -0.126. The number of nitrogens with one attached hydrogen (secondary N) is 1. The predicted octanol–water partition coefficient (Wildman–Crippen LogP) is 3.14. The van der Waals surface area contributed by atoms with Gasteiger partial charge in [0, 0.05) is 37.7 Å². The van der Waals surface area contributed by atoms with Crippen molar-refractivity contribution in [3.05, 3.63) is 33.8 Å². The second-order valence-electron chi connectivity index (χ2n) is 6.58. The van der Waals surface area contributed by atoms with Crippen molar-refractivity contribution in [2.24, 2.45) is 5.92 Å². The highest BCUT2D eigenvalue weighted by atomic mass is 35.5. The molecule has 0 aliphatic carbocycles. The number of nitrogens with zero attached hydrogens (tertiary/aromatic N) is 1. The number of ether oxygens (including phenoxy) is 1. The van der Waals surface area contributed by atoms with E-state index >= 15 is 0 Å². The van der Waals surface area contributed by atoms with Crippen LogP contribution in [0, 0.1) is 5.92 Å². The summed E-state index contributed by atoms with van der Waals surface area (Å²) in [6.07, 6.45) is 3.57. The van der Waals surface area contributed by atoms with E-state index in [0.29, 0.717) is 48.1 Å². The average molecular weight is 385 g/mol. The van der Waals surface area contributed by atoms with E-state index in [-0.39, 0.29) is 23.8 Å². The van der Waals surface area contributed by atoms with Gasteiger partial charge in [-0.3, -0.25) is 9.59 Å². The molecule has 3 rings (SSSR count). The van der Waals surface area contributed by atoms with Crippen molar-refractivity contribution >= 4 is 35.0 Å². The van der Waals surface area contributed by atoms with Gasteiger partial charge in [-0.15, -0.1) is 0 Å². The molecule has 1 N–H and O–H groups in total. The Labute approximate surface area is 157 Å². The highest BCUT2D eigenvalue weighted by Crippen LogP contribution is 2.25. The van der Waals surface area contributed by atoms with Crippen molar-refractivity contribution in [3.8, 4) is 0 Å². The van der Waals surface area contributed by atoms with Crippen molar-refractivity contribution in [1.82, 2.24) is 10.2 Å². The topological polar surface area (TPSA) is 58.6 Å². The molecular formula is C18H22Cl2N2O3. The number of amides is 2. The molecule has 2 aliphatic rings. The first kappa shape index (κ1) is 18.5. The number of benzene rings is 1. The molecule has 0 spiro atoms. The van der Waals surface area contributed by atoms with Gasteiger partial charge in [0.05, 0.1) is 16.1 Å². The molecule has 2 saturated heterocycles. The third-order valence-corrected chi connectivity index (χ3v) is 5.59. The maximum absolute atomic E-state index is 12.5. The van der Waals surface area contributed by atoms with Crippen LogP contribution in [-0.4, -0.2) is 49.1 Å². The molecule has 0 radical (unpaired) electrons. The van der Waals surface area contributed by atoms with Crippen LogP contribution in [0.5, 0.6) is 0 Å². The van der Waals surface area contributed by atoms with E-state index in [1.807, 2.05) is 0 Å². The largest absolute Gasteiger partial charge is 0.376 e. The van der Waals surface area contributed by atoms with Gasteiger partial charge in [-0.05, 0) is 43.9 Å². The maximum atomic E-state index is 12.5. The molecule has 1 aromatic rings. The smallest absolute Gasteiger partial charge is 0.253 e. The van der Waals surface area contributed by atoms with Gasteiger partial charge < -0.3 is 15.0 Å². The molecular weight excluding hydrogens is 363 g/mol. The van der Waals surface area contributed by atoms with Crippen molar-refractivity contribution in [1.29, 1.82) is 0 Å². The third kappa shape index (κ3) is 4.66. The molecule has 2 fully saturated rings. The van der Waals surface area contributed by atoms with Crippen molar-refractivity contribution in [2.75, 3.05) is 26.2 Å². The fourth-order valence-electron chi connectivity index (χ4n) is 3.32. The Morgan fingerprint density at radius 2 is 1.92 bits per heavy atom. The Morgan fingerprint density at radius 1 is 1.16 bits per heavy atom. The molecule has 2 amide bonds. The van der Waals surface area contributed by atoms with Crippen LogP contribution >= 0.6 is 23.2 Å². The van der Waals surface area contributed by atoms with E-state index in [4.69, 9.17) is 27.9 Å². The lowest BCUT2D eigenvalue weighted by atomic mass is 9.95. The number of likely N-dealkylation sites (tertiary alicyclic amines) is 1. The quantitative estimate of drug-likeness (QED) is 0.867. The zero-order valence-electron chi connectivity index (χ0n) is 14.0. The van der Waals surface area contributed by atoms with Crippen LogP contribution in [0.25, 0.3) is 0 Å². The van der Waals surface area contributed by atoms with Crippen LogP contribution in [0.4, 0.5) is 0 Å². The standard InChI is InChI=1S/C18H22Cl2N2O3/c19-15-4-3-13(10-16(15)20)18(24)22-7-5-12(6-8-22)17(23)21-11-14-2-1-9-25-14/h3-4,10,12,14H,1-2,5-9,11H2,(H,21,23). The summed E-state index contributed by atoms with van der Waals surface area (Å²) in [5.41, 5.74) is 0.524. The number of halogens is 2. The highest BCUT2D eigenvalue weighted by Gasteiger charge is 2.28. The summed E-state index contributed by atoms with van der Waals surface area (Å²) in [6, 6.07) is 4.89. The molecule has 1 unspecified atom stereocenters. The number of hydrogen-bond donors (Lipinski definition) is 1. The first-order valence-electron chi connectivity index (χ1n) is 8.68. The van der Waals surface area contributed by atoms with Gasteiger partial charge in [-0.25, -0.2) is 0 Å². The first-order valence-corrected chi connectivity index (χ1v) is 9.44. The van der Waals surface area contributed by atoms with Gasteiger partial charge in [-0.1, -0.05) is 23.2 Å². The normalized spacial score (nSPS) is 21.4. The number of piperidine rings is 1. The number of carbonyl (C=O) groups is 2. The van der Waals surface area contributed by atoms with E-state index in [1.54, 1.807) is 23.1 Å².